The fourth-order valence-electron chi connectivity index (χ4n) is 1.59. The summed E-state index contributed by atoms with van der Waals surface area (Å²) in [6.07, 6.45) is 0.858. The Balaban J connectivity index is 2.07. The predicted molar refractivity (Wildman–Crippen MR) is 77.6 cm³/mol. The van der Waals surface area contributed by atoms with Gasteiger partial charge in [-0.1, -0.05) is 6.92 Å². The molecule has 0 N–H and O–H groups in total. The highest BCUT2D eigenvalue weighted by Gasteiger charge is 2.15. The molecular weight excluding hydrogens is 350 g/mol. The maximum atomic E-state index is 13.5. The van der Waals surface area contributed by atoms with Crippen LogP contribution in [0.4, 0.5) is 8.78 Å². The molecule has 0 bridgehead atoms. The van der Waals surface area contributed by atoms with Crippen LogP contribution in [-0.2, 0) is 6.42 Å². The van der Waals surface area contributed by atoms with Gasteiger partial charge in [-0.3, -0.25) is 4.79 Å². The van der Waals surface area contributed by atoms with E-state index in [-0.39, 0.29) is 22.6 Å². The minimum atomic E-state index is -0.842. The second-order valence-electron chi connectivity index (χ2n) is 4.03. The molecule has 6 heteroatoms. The summed E-state index contributed by atoms with van der Waals surface area (Å²) in [6.45, 7) is 1.71. The third-order valence-electron chi connectivity index (χ3n) is 2.60. The Morgan fingerprint density at radius 1 is 1.35 bits per heavy atom. The van der Waals surface area contributed by atoms with Crippen LogP contribution >= 0.6 is 27.3 Å². The quantitative estimate of drug-likeness (QED) is 0.727. The van der Waals surface area contributed by atoms with E-state index in [0.717, 1.165) is 17.4 Å². The number of hydrogen-bond acceptors (Lipinski definition) is 3. The first-order chi connectivity index (χ1) is 9.51. The molecule has 0 atom stereocenters. The molecule has 1 heterocycles. The van der Waals surface area contributed by atoms with E-state index >= 15 is 0 Å². The fourth-order valence-corrected chi connectivity index (χ4v) is 2.99. The third-order valence-corrected chi connectivity index (χ3v) is 4.46. The molecule has 20 heavy (non-hydrogen) atoms. The average Bonchev–Trinajstić information content (AvgIpc) is 2.86. The highest BCUT2D eigenvalue weighted by Crippen LogP contribution is 2.29. The Morgan fingerprint density at radius 3 is 2.70 bits per heavy atom. The van der Waals surface area contributed by atoms with E-state index in [1.54, 1.807) is 6.07 Å². The average molecular weight is 361 g/mol. The molecular formula is C14H11BrF2O2S. The Hall–Kier alpha value is -1.27. The molecule has 2 nitrogen and oxygen atoms in total. The number of Topliss-reactive ketones (excluding diaryl/α,β-unsaturated/α-hetero) is 1. The zero-order valence-corrected chi connectivity index (χ0v) is 13.0. The SMILES string of the molecule is CCc1ccc(C(=O)COc2c(F)cc(F)cc2Br)s1. The Labute approximate surface area is 127 Å². The summed E-state index contributed by atoms with van der Waals surface area (Å²) in [4.78, 5) is 13.6. The first kappa shape index (κ1) is 15.1. The molecule has 1 aromatic heterocycles. The smallest absolute Gasteiger partial charge is 0.210 e. The number of carbonyl (C=O) groups is 1. The first-order valence-corrected chi connectivity index (χ1v) is 7.51. The molecule has 0 amide bonds. The van der Waals surface area contributed by atoms with Gasteiger partial charge < -0.3 is 4.74 Å². The Bertz CT molecular complexity index is 617. The van der Waals surface area contributed by atoms with Gasteiger partial charge >= 0.3 is 0 Å². The van der Waals surface area contributed by atoms with E-state index in [1.807, 2.05) is 13.0 Å². The normalized spacial score (nSPS) is 10.6. The summed E-state index contributed by atoms with van der Waals surface area (Å²) in [5, 5.41) is 0. The van der Waals surface area contributed by atoms with Crippen LogP contribution in [0.1, 0.15) is 21.5 Å². The minimum Gasteiger partial charge on any atom is -0.481 e. The number of aryl methyl sites for hydroxylation is 1. The zero-order chi connectivity index (χ0) is 14.7. The summed E-state index contributed by atoms with van der Waals surface area (Å²) in [6, 6.07) is 5.41. The first-order valence-electron chi connectivity index (χ1n) is 5.90. The van der Waals surface area contributed by atoms with E-state index in [9.17, 15) is 13.6 Å². The standard InChI is InChI=1S/C14H11BrF2O2S/c1-2-9-3-4-13(20-9)12(18)7-19-14-10(15)5-8(16)6-11(14)17/h3-6H,2,7H2,1H3. The summed E-state index contributed by atoms with van der Waals surface area (Å²) >= 11 is 4.40. The minimum absolute atomic E-state index is 0.142. The van der Waals surface area contributed by atoms with Gasteiger partial charge in [0.25, 0.3) is 0 Å². The summed E-state index contributed by atoms with van der Waals surface area (Å²) in [5.41, 5.74) is 0. The maximum absolute atomic E-state index is 13.5. The lowest BCUT2D eigenvalue weighted by Crippen LogP contribution is -2.11. The van der Waals surface area contributed by atoms with E-state index in [0.29, 0.717) is 10.9 Å². The van der Waals surface area contributed by atoms with E-state index in [4.69, 9.17) is 4.74 Å². The van der Waals surface area contributed by atoms with Crippen LogP contribution in [0.15, 0.2) is 28.7 Å². The molecule has 0 aliphatic carbocycles. The molecule has 106 valence electrons. The molecule has 0 saturated carbocycles. The molecule has 0 spiro atoms. The Kier molecular flexibility index (Phi) is 4.88. The number of halogens is 3. The highest BCUT2D eigenvalue weighted by atomic mass is 79.9. The molecule has 0 aliphatic rings. The maximum Gasteiger partial charge on any atom is 0.210 e. The monoisotopic (exact) mass is 360 g/mol. The van der Waals surface area contributed by atoms with Gasteiger partial charge in [0, 0.05) is 10.9 Å². The van der Waals surface area contributed by atoms with Crippen LogP contribution in [0, 0.1) is 11.6 Å². The van der Waals surface area contributed by atoms with Gasteiger partial charge in [-0.05, 0) is 40.5 Å². The summed E-state index contributed by atoms with van der Waals surface area (Å²) in [5.74, 6) is -1.94. The van der Waals surface area contributed by atoms with Crippen molar-refractivity contribution in [3.63, 3.8) is 0 Å². The van der Waals surface area contributed by atoms with Crippen molar-refractivity contribution in [2.45, 2.75) is 13.3 Å². The van der Waals surface area contributed by atoms with Gasteiger partial charge in [-0.25, -0.2) is 8.78 Å². The van der Waals surface area contributed by atoms with E-state index in [2.05, 4.69) is 15.9 Å². The second kappa shape index (κ2) is 6.45. The van der Waals surface area contributed by atoms with Gasteiger partial charge in [0.1, 0.15) is 5.82 Å². The number of rotatable bonds is 5. The van der Waals surface area contributed by atoms with Crippen LogP contribution in [-0.4, -0.2) is 12.4 Å². The second-order valence-corrected chi connectivity index (χ2v) is 6.05. The number of benzene rings is 1. The van der Waals surface area contributed by atoms with Crippen molar-refractivity contribution in [1.82, 2.24) is 0 Å². The lowest BCUT2D eigenvalue weighted by Gasteiger charge is -2.08. The number of ether oxygens (including phenoxy) is 1. The third kappa shape index (κ3) is 3.43. The molecule has 0 aliphatic heterocycles. The van der Waals surface area contributed by atoms with Crippen LogP contribution in [0.5, 0.6) is 5.75 Å². The largest absolute Gasteiger partial charge is 0.481 e. The zero-order valence-electron chi connectivity index (χ0n) is 10.6. The number of carbonyl (C=O) groups excluding carboxylic acids is 1. The lowest BCUT2D eigenvalue weighted by atomic mass is 10.3. The molecule has 2 aromatic rings. The van der Waals surface area contributed by atoms with Gasteiger partial charge in [-0.15, -0.1) is 11.3 Å². The fraction of sp³-hybridized carbons (Fsp3) is 0.214. The van der Waals surface area contributed by atoms with Crippen LogP contribution < -0.4 is 4.74 Å². The number of thiophene rings is 1. The summed E-state index contributed by atoms with van der Waals surface area (Å²) in [7, 11) is 0. The van der Waals surface area contributed by atoms with Crippen molar-refractivity contribution in [2.24, 2.45) is 0 Å². The molecule has 1 aromatic carbocycles. The Morgan fingerprint density at radius 2 is 2.10 bits per heavy atom. The van der Waals surface area contributed by atoms with E-state index < -0.39 is 11.6 Å². The molecule has 0 fully saturated rings. The van der Waals surface area contributed by atoms with Crippen molar-refractivity contribution in [2.75, 3.05) is 6.61 Å². The summed E-state index contributed by atoms with van der Waals surface area (Å²) < 4.78 is 31.7. The van der Waals surface area contributed by atoms with Gasteiger partial charge in [-0.2, -0.15) is 0 Å². The van der Waals surface area contributed by atoms with Crippen molar-refractivity contribution in [3.05, 3.63) is 50.1 Å². The number of hydrogen-bond donors (Lipinski definition) is 0. The van der Waals surface area contributed by atoms with Gasteiger partial charge in [0.05, 0.1) is 9.35 Å². The lowest BCUT2D eigenvalue weighted by molar-refractivity contribution is 0.0922. The molecule has 2 rings (SSSR count). The van der Waals surface area contributed by atoms with Crippen LogP contribution in [0.3, 0.4) is 0 Å². The molecule has 0 unspecified atom stereocenters. The van der Waals surface area contributed by atoms with E-state index in [1.165, 1.54) is 11.3 Å². The van der Waals surface area contributed by atoms with Crippen LogP contribution in [0.25, 0.3) is 0 Å². The predicted octanol–water partition coefficient (Wildman–Crippen LogP) is 4.61. The van der Waals surface area contributed by atoms with Gasteiger partial charge in [0.2, 0.25) is 5.78 Å². The van der Waals surface area contributed by atoms with Crippen molar-refractivity contribution in [1.29, 1.82) is 0 Å². The topological polar surface area (TPSA) is 26.3 Å². The van der Waals surface area contributed by atoms with Crippen molar-refractivity contribution in [3.8, 4) is 5.75 Å². The molecule has 0 radical (unpaired) electrons. The van der Waals surface area contributed by atoms with Gasteiger partial charge in [0.15, 0.2) is 18.2 Å². The van der Waals surface area contributed by atoms with Crippen molar-refractivity contribution < 1.29 is 18.3 Å². The number of ketones is 1. The van der Waals surface area contributed by atoms with Crippen LogP contribution in [0.2, 0.25) is 0 Å². The highest BCUT2D eigenvalue weighted by molar-refractivity contribution is 9.10. The van der Waals surface area contributed by atoms with Crippen molar-refractivity contribution >= 4 is 33.0 Å². The molecule has 0 saturated heterocycles.